The lowest BCUT2D eigenvalue weighted by Crippen LogP contribution is -2.36. The number of hydrogen-bond donors (Lipinski definition) is 4. The first-order valence-corrected chi connectivity index (χ1v) is 9.54. The van der Waals surface area contributed by atoms with Crippen molar-refractivity contribution in [1.82, 2.24) is 20.3 Å². The smallest absolute Gasteiger partial charge is 0.255 e. The first-order valence-electron chi connectivity index (χ1n) is 9.16. The van der Waals surface area contributed by atoms with Gasteiger partial charge in [-0.3, -0.25) is 9.78 Å². The number of carbonyl (C=O) groups is 1. The number of aromatic nitrogens is 3. The van der Waals surface area contributed by atoms with Crippen LogP contribution < -0.4 is 21.1 Å². The normalized spacial score (nSPS) is 11.6. The van der Waals surface area contributed by atoms with Crippen molar-refractivity contribution in [2.75, 3.05) is 25.5 Å². The Balaban J connectivity index is 1.94. The second kappa shape index (κ2) is 10.1. The zero-order valence-electron chi connectivity index (χ0n) is 16.5. The van der Waals surface area contributed by atoms with Crippen molar-refractivity contribution >= 4 is 29.0 Å². The lowest BCUT2D eigenvalue weighted by molar-refractivity contribution is 0.0920. The van der Waals surface area contributed by atoms with Crippen LogP contribution >= 0.6 is 11.6 Å². The Morgan fingerprint density at radius 3 is 2.90 bits per heavy atom. The Labute approximate surface area is 182 Å². The van der Waals surface area contributed by atoms with Gasteiger partial charge in [0.05, 0.1) is 36.2 Å². The molecular weight excluding hydrogens is 427 g/mol. The number of anilines is 2. The van der Waals surface area contributed by atoms with Crippen LogP contribution in [0.4, 0.5) is 15.9 Å². The first kappa shape index (κ1) is 22.3. The predicted molar refractivity (Wildman–Crippen MR) is 114 cm³/mol. The van der Waals surface area contributed by atoms with Crippen LogP contribution in [0.1, 0.15) is 10.4 Å². The van der Waals surface area contributed by atoms with E-state index in [1.165, 1.54) is 43.9 Å². The molecule has 1 aromatic carbocycles. The quantitative estimate of drug-likeness (QED) is 0.413. The van der Waals surface area contributed by atoms with Crippen LogP contribution in [0, 0.1) is 5.82 Å². The number of nitrogens with zero attached hydrogens (tertiary/aromatic N) is 3. The van der Waals surface area contributed by atoms with Gasteiger partial charge >= 0.3 is 0 Å². The number of aliphatic hydroxyl groups excluding tert-OH is 1. The van der Waals surface area contributed by atoms with Gasteiger partial charge in [0.1, 0.15) is 5.82 Å². The predicted octanol–water partition coefficient (Wildman–Crippen LogP) is 2.13. The molecule has 1 atom stereocenters. The maximum Gasteiger partial charge on any atom is 0.255 e. The maximum absolute atomic E-state index is 14.3. The third-order valence-corrected chi connectivity index (χ3v) is 4.47. The van der Waals surface area contributed by atoms with E-state index in [0.29, 0.717) is 10.7 Å². The van der Waals surface area contributed by atoms with Crippen LogP contribution in [-0.2, 0) is 0 Å². The molecule has 0 aliphatic carbocycles. The highest BCUT2D eigenvalue weighted by molar-refractivity contribution is 6.30. The van der Waals surface area contributed by atoms with E-state index in [2.05, 4.69) is 25.6 Å². The second-order valence-electron chi connectivity index (χ2n) is 6.38. The number of pyridine rings is 1. The molecule has 0 fully saturated rings. The zero-order chi connectivity index (χ0) is 22.4. The van der Waals surface area contributed by atoms with Gasteiger partial charge in [0, 0.05) is 30.5 Å². The van der Waals surface area contributed by atoms with E-state index in [4.69, 9.17) is 22.1 Å². The fourth-order valence-electron chi connectivity index (χ4n) is 2.61. The van der Waals surface area contributed by atoms with Gasteiger partial charge in [-0.1, -0.05) is 11.6 Å². The molecule has 0 spiro atoms. The monoisotopic (exact) mass is 446 g/mol. The fraction of sp³-hybridized carbons (Fsp3) is 0.200. The molecule has 3 rings (SSSR count). The lowest BCUT2D eigenvalue weighted by atomic mass is 10.2. The number of halogens is 2. The largest absolute Gasteiger partial charge is 0.491 e. The maximum atomic E-state index is 14.3. The number of amides is 1. The number of rotatable bonds is 8. The standard InChI is InChI=1S/C20H20ClFN6O3/c1-31-17-10-25-18(13-6-11(21)2-3-15(13)22)28-19(17)27-16-4-5-24-9-14(16)20(30)26-8-12(29)7-23/h2-6,9-10,12,29H,7-8,23H2,1H3,(H,26,30)(H,24,25,27,28). The average molecular weight is 447 g/mol. The summed E-state index contributed by atoms with van der Waals surface area (Å²) < 4.78 is 19.6. The molecule has 162 valence electrons. The topological polar surface area (TPSA) is 135 Å². The minimum atomic E-state index is -0.867. The van der Waals surface area contributed by atoms with Crippen LogP contribution in [0.2, 0.25) is 5.02 Å². The fourth-order valence-corrected chi connectivity index (χ4v) is 2.78. The van der Waals surface area contributed by atoms with Crippen molar-refractivity contribution in [3.05, 3.63) is 59.3 Å². The molecule has 5 N–H and O–H groups in total. The highest BCUT2D eigenvalue weighted by Gasteiger charge is 2.17. The molecule has 1 amide bonds. The Hall–Kier alpha value is -3.34. The van der Waals surface area contributed by atoms with Gasteiger partial charge in [-0.25, -0.2) is 14.4 Å². The van der Waals surface area contributed by atoms with Crippen LogP contribution in [0.5, 0.6) is 5.75 Å². The van der Waals surface area contributed by atoms with Gasteiger partial charge in [-0.2, -0.15) is 0 Å². The SMILES string of the molecule is COc1cnc(-c2cc(Cl)ccc2F)nc1Nc1ccncc1C(=O)NCC(O)CN. The highest BCUT2D eigenvalue weighted by atomic mass is 35.5. The third kappa shape index (κ3) is 5.43. The number of nitrogens with two attached hydrogens (primary N) is 1. The molecule has 0 aliphatic heterocycles. The Morgan fingerprint density at radius 1 is 1.35 bits per heavy atom. The summed E-state index contributed by atoms with van der Waals surface area (Å²) in [6, 6.07) is 5.62. The van der Waals surface area contributed by atoms with E-state index in [1.807, 2.05) is 0 Å². The first-order chi connectivity index (χ1) is 14.9. The Kier molecular flexibility index (Phi) is 7.29. The summed E-state index contributed by atoms with van der Waals surface area (Å²) in [5, 5.41) is 15.5. The van der Waals surface area contributed by atoms with Gasteiger partial charge in [0.15, 0.2) is 17.4 Å². The van der Waals surface area contributed by atoms with E-state index in [0.717, 1.165) is 0 Å². The molecule has 0 saturated carbocycles. The minimum Gasteiger partial charge on any atom is -0.491 e. The lowest BCUT2D eigenvalue weighted by Gasteiger charge is -2.15. The Morgan fingerprint density at radius 2 is 2.16 bits per heavy atom. The molecular formula is C20H20ClFN6O3. The minimum absolute atomic E-state index is 0.0133. The molecule has 0 aliphatic rings. The number of benzene rings is 1. The van der Waals surface area contributed by atoms with Crippen LogP contribution in [-0.4, -0.2) is 52.3 Å². The second-order valence-corrected chi connectivity index (χ2v) is 6.82. The molecule has 0 bridgehead atoms. The van der Waals surface area contributed by atoms with Crippen molar-refractivity contribution < 1.29 is 19.0 Å². The average Bonchev–Trinajstić information content (AvgIpc) is 2.79. The van der Waals surface area contributed by atoms with Gasteiger partial charge < -0.3 is 26.2 Å². The summed E-state index contributed by atoms with van der Waals surface area (Å²) in [6.45, 7) is -0.00190. The van der Waals surface area contributed by atoms with E-state index in [-0.39, 0.29) is 41.6 Å². The molecule has 2 heterocycles. The van der Waals surface area contributed by atoms with Gasteiger partial charge in [0.2, 0.25) is 0 Å². The molecule has 0 saturated heterocycles. The molecule has 11 heteroatoms. The van der Waals surface area contributed by atoms with Crippen molar-refractivity contribution in [1.29, 1.82) is 0 Å². The molecule has 2 aromatic heterocycles. The van der Waals surface area contributed by atoms with E-state index >= 15 is 0 Å². The Bertz CT molecular complexity index is 1080. The summed E-state index contributed by atoms with van der Waals surface area (Å²) in [5.74, 6) is -0.461. The summed E-state index contributed by atoms with van der Waals surface area (Å²) >= 11 is 5.97. The van der Waals surface area contributed by atoms with Crippen LogP contribution in [0.25, 0.3) is 11.4 Å². The van der Waals surface area contributed by atoms with E-state index < -0.39 is 17.8 Å². The van der Waals surface area contributed by atoms with Crippen LogP contribution in [0.15, 0.2) is 42.9 Å². The number of ether oxygens (including phenoxy) is 1. The van der Waals surface area contributed by atoms with Crippen molar-refractivity contribution in [2.45, 2.75) is 6.10 Å². The van der Waals surface area contributed by atoms with Crippen molar-refractivity contribution in [2.24, 2.45) is 5.73 Å². The van der Waals surface area contributed by atoms with E-state index in [9.17, 15) is 14.3 Å². The molecule has 0 radical (unpaired) electrons. The van der Waals surface area contributed by atoms with Gasteiger partial charge in [-0.05, 0) is 24.3 Å². The number of aliphatic hydroxyl groups is 1. The van der Waals surface area contributed by atoms with E-state index in [1.54, 1.807) is 6.07 Å². The number of carbonyl (C=O) groups excluding carboxylic acids is 1. The van der Waals surface area contributed by atoms with Crippen LogP contribution in [0.3, 0.4) is 0 Å². The number of hydrogen-bond acceptors (Lipinski definition) is 8. The molecule has 1 unspecified atom stereocenters. The zero-order valence-corrected chi connectivity index (χ0v) is 17.2. The number of methoxy groups -OCH3 is 1. The summed E-state index contributed by atoms with van der Waals surface area (Å²) in [4.78, 5) is 25.0. The highest BCUT2D eigenvalue weighted by Crippen LogP contribution is 2.30. The molecule has 9 nitrogen and oxygen atoms in total. The van der Waals surface area contributed by atoms with Crippen molar-refractivity contribution in [3.63, 3.8) is 0 Å². The summed E-state index contributed by atoms with van der Waals surface area (Å²) in [7, 11) is 1.43. The van der Waals surface area contributed by atoms with Gasteiger partial charge in [-0.15, -0.1) is 0 Å². The molecule has 3 aromatic rings. The molecule has 31 heavy (non-hydrogen) atoms. The van der Waals surface area contributed by atoms with Crippen molar-refractivity contribution in [3.8, 4) is 17.1 Å². The third-order valence-electron chi connectivity index (χ3n) is 4.23. The van der Waals surface area contributed by atoms with Gasteiger partial charge in [0.25, 0.3) is 5.91 Å². The summed E-state index contributed by atoms with van der Waals surface area (Å²) in [6.07, 6.45) is 3.36. The summed E-state index contributed by atoms with van der Waals surface area (Å²) in [5.41, 5.74) is 6.03. The number of nitrogens with one attached hydrogen (secondary N) is 2.